The van der Waals surface area contributed by atoms with E-state index >= 15 is 0 Å². The molecule has 10 heteroatoms. The number of nitro benzene ring substituents is 1. The molecule has 0 spiro atoms. The molecule has 0 saturated heterocycles. The van der Waals surface area contributed by atoms with Gasteiger partial charge in [-0.2, -0.15) is 4.98 Å². The number of nitro groups is 1. The number of anilines is 2. The molecule has 4 N–H and O–H groups in total. The Bertz CT molecular complexity index is 1060. The number of nitrogens with zero attached hydrogens (tertiary/aromatic N) is 2. The summed E-state index contributed by atoms with van der Waals surface area (Å²) in [6.45, 7) is 4.99. The van der Waals surface area contributed by atoms with Crippen molar-refractivity contribution in [2.75, 3.05) is 11.1 Å². The lowest BCUT2D eigenvalue weighted by molar-refractivity contribution is -0.385. The Balaban J connectivity index is 2.33. The Hall–Kier alpha value is -3.69. The fourth-order valence-electron chi connectivity index (χ4n) is 3.23. The number of aromatic amines is 1. The minimum absolute atomic E-state index is 0.0600. The molecule has 2 aromatic rings. The van der Waals surface area contributed by atoms with E-state index in [0.29, 0.717) is 5.70 Å². The maximum Gasteiger partial charge on any atom is 0.337 e. The summed E-state index contributed by atoms with van der Waals surface area (Å²) in [5.41, 5.74) is 5.53. The second-order valence-electron chi connectivity index (χ2n) is 6.58. The topological polar surface area (TPSA) is 153 Å². The zero-order valence-electron chi connectivity index (χ0n) is 15.5. The SMILES string of the molecule is CC1=C(C(=O)OC(C)C)C(c2ccccc2[N+](=O)[O-])c2c(nc(N)[nH]c2=O)N1. The maximum absolute atomic E-state index is 12.8. The quantitative estimate of drug-likeness (QED) is 0.410. The number of fused-ring (bicyclic) bond motifs is 1. The van der Waals surface area contributed by atoms with Gasteiger partial charge in [0.25, 0.3) is 11.2 Å². The minimum Gasteiger partial charge on any atom is -0.460 e. The second-order valence-corrected chi connectivity index (χ2v) is 6.58. The molecular formula is C18H19N5O5. The Labute approximate surface area is 159 Å². The van der Waals surface area contributed by atoms with Crippen molar-refractivity contribution in [3.63, 3.8) is 0 Å². The van der Waals surface area contributed by atoms with Gasteiger partial charge in [0, 0.05) is 17.3 Å². The molecule has 0 fully saturated rings. The van der Waals surface area contributed by atoms with Crippen LogP contribution in [0.5, 0.6) is 0 Å². The van der Waals surface area contributed by atoms with Gasteiger partial charge in [-0.05, 0) is 20.8 Å². The molecule has 1 aromatic heterocycles. The number of allylic oxidation sites excluding steroid dienone is 1. The number of H-pyrrole nitrogens is 1. The highest BCUT2D eigenvalue weighted by Crippen LogP contribution is 2.42. The summed E-state index contributed by atoms with van der Waals surface area (Å²) in [4.78, 5) is 43.0. The van der Waals surface area contributed by atoms with Gasteiger partial charge in [-0.3, -0.25) is 19.9 Å². The first kappa shape index (κ1) is 19.1. The number of para-hydroxylation sites is 1. The van der Waals surface area contributed by atoms with Crippen molar-refractivity contribution in [2.45, 2.75) is 32.8 Å². The molecule has 0 aliphatic carbocycles. The first-order chi connectivity index (χ1) is 13.2. The fraction of sp³-hybridized carbons (Fsp3) is 0.278. The lowest BCUT2D eigenvalue weighted by Crippen LogP contribution is -2.32. The van der Waals surface area contributed by atoms with Crippen molar-refractivity contribution in [3.8, 4) is 0 Å². The number of nitrogen functional groups attached to an aromatic ring is 1. The molecule has 0 amide bonds. The summed E-state index contributed by atoms with van der Waals surface area (Å²) >= 11 is 0. The monoisotopic (exact) mass is 385 g/mol. The Morgan fingerprint density at radius 2 is 2.04 bits per heavy atom. The molecule has 2 heterocycles. The van der Waals surface area contributed by atoms with Crippen LogP contribution in [0.1, 0.15) is 37.8 Å². The van der Waals surface area contributed by atoms with Crippen LogP contribution >= 0.6 is 0 Å². The number of hydrogen-bond donors (Lipinski definition) is 3. The third-order valence-corrected chi connectivity index (χ3v) is 4.27. The molecule has 0 saturated carbocycles. The molecule has 1 atom stereocenters. The van der Waals surface area contributed by atoms with Crippen molar-refractivity contribution < 1.29 is 14.5 Å². The smallest absolute Gasteiger partial charge is 0.337 e. The van der Waals surface area contributed by atoms with Crippen LogP contribution < -0.4 is 16.6 Å². The predicted molar refractivity (Wildman–Crippen MR) is 102 cm³/mol. The van der Waals surface area contributed by atoms with Gasteiger partial charge in [0.15, 0.2) is 0 Å². The van der Waals surface area contributed by atoms with Crippen LogP contribution in [0.3, 0.4) is 0 Å². The average Bonchev–Trinajstić information content (AvgIpc) is 2.59. The highest BCUT2D eigenvalue weighted by molar-refractivity contribution is 5.94. The standard InChI is InChI=1S/C18H19N5O5/c1-8(2)28-17(25)12-9(3)20-15-14(16(24)22-18(19)21-15)13(12)10-6-4-5-7-11(10)23(26)27/h4-8,13H,1-3H3,(H4,19,20,21,22,24). The molecule has 10 nitrogen and oxygen atoms in total. The van der Waals surface area contributed by atoms with E-state index in [1.54, 1.807) is 26.8 Å². The molecule has 1 aliphatic heterocycles. The molecule has 0 bridgehead atoms. The number of carbonyl (C=O) groups excluding carboxylic acids is 1. The third kappa shape index (κ3) is 3.31. The van der Waals surface area contributed by atoms with E-state index in [2.05, 4.69) is 15.3 Å². The Morgan fingerprint density at radius 3 is 2.68 bits per heavy atom. The molecule has 1 unspecified atom stereocenters. The Kier molecular flexibility index (Phi) is 4.87. The largest absolute Gasteiger partial charge is 0.460 e. The highest BCUT2D eigenvalue weighted by atomic mass is 16.6. The second kappa shape index (κ2) is 7.14. The number of nitrogens with two attached hydrogens (primary N) is 1. The van der Waals surface area contributed by atoms with Gasteiger partial charge in [0.2, 0.25) is 5.95 Å². The number of ether oxygens (including phenoxy) is 1. The van der Waals surface area contributed by atoms with Crippen molar-refractivity contribution in [1.82, 2.24) is 9.97 Å². The first-order valence-electron chi connectivity index (χ1n) is 8.52. The zero-order valence-corrected chi connectivity index (χ0v) is 15.5. The van der Waals surface area contributed by atoms with Crippen LogP contribution in [-0.4, -0.2) is 27.0 Å². The number of carbonyl (C=O) groups is 1. The number of nitrogens with one attached hydrogen (secondary N) is 2. The van der Waals surface area contributed by atoms with Gasteiger partial charge < -0.3 is 15.8 Å². The van der Waals surface area contributed by atoms with Gasteiger partial charge in [0.1, 0.15) is 5.82 Å². The summed E-state index contributed by atoms with van der Waals surface area (Å²) in [5, 5.41) is 14.5. The normalized spacial score (nSPS) is 15.8. The van der Waals surface area contributed by atoms with E-state index in [0.717, 1.165) is 0 Å². The van der Waals surface area contributed by atoms with Gasteiger partial charge in [-0.25, -0.2) is 4.79 Å². The lowest BCUT2D eigenvalue weighted by atomic mass is 9.81. The zero-order chi connectivity index (χ0) is 20.6. The molecule has 0 radical (unpaired) electrons. The van der Waals surface area contributed by atoms with E-state index in [-0.39, 0.29) is 34.2 Å². The van der Waals surface area contributed by atoms with Crippen molar-refractivity contribution in [1.29, 1.82) is 0 Å². The molecular weight excluding hydrogens is 366 g/mol. The van der Waals surface area contributed by atoms with Gasteiger partial charge in [-0.1, -0.05) is 18.2 Å². The summed E-state index contributed by atoms with van der Waals surface area (Å²) in [6.07, 6.45) is -0.413. The van der Waals surface area contributed by atoms with Crippen molar-refractivity contribution in [3.05, 3.63) is 67.1 Å². The number of rotatable bonds is 4. The van der Waals surface area contributed by atoms with Crippen LogP contribution in [-0.2, 0) is 9.53 Å². The molecule has 3 rings (SSSR count). The van der Waals surface area contributed by atoms with Crippen LogP contribution in [0.25, 0.3) is 0 Å². The Morgan fingerprint density at radius 1 is 1.36 bits per heavy atom. The highest BCUT2D eigenvalue weighted by Gasteiger charge is 2.39. The van der Waals surface area contributed by atoms with E-state index in [4.69, 9.17) is 10.5 Å². The minimum atomic E-state index is -1.04. The summed E-state index contributed by atoms with van der Waals surface area (Å²) in [7, 11) is 0. The summed E-state index contributed by atoms with van der Waals surface area (Å²) < 4.78 is 5.33. The van der Waals surface area contributed by atoms with Gasteiger partial charge in [0.05, 0.1) is 28.1 Å². The number of benzene rings is 1. The molecule has 1 aliphatic rings. The van der Waals surface area contributed by atoms with Crippen LogP contribution in [0.15, 0.2) is 40.3 Å². The molecule has 28 heavy (non-hydrogen) atoms. The predicted octanol–water partition coefficient (Wildman–Crippen LogP) is 2.04. The average molecular weight is 385 g/mol. The molecule has 146 valence electrons. The first-order valence-corrected chi connectivity index (χ1v) is 8.52. The van der Waals surface area contributed by atoms with Gasteiger partial charge >= 0.3 is 5.97 Å². The summed E-state index contributed by atoms with van der Waals surface area (Å²) in [6, 6.07) is 5.93. The van der Waals surface area contributed by atoms with Crippen molar-refractivity contribution >= 4 is 23.4 Å². The van der Waals surface area contributed by atoms with Crippen LogP contribution in [0, 0.1) is 10.1 Å². The summed E-state index contributed by atoms with van der Waals surface area (Å²) in [5.74, 6) is -1.69. The van der Waals surface area contributed by atoms with E-state index in [1.165, 1.54) is 18.2 Å². The lowest BCUT2D eigenvalue weighted by Gasteiger charge is -2.28. The third-order valence-electron chi connectivity index (χ3n) is 4.27. The van der Waals surface area contributed by atoms with E-state index in [9.17, 15) is 19.7 Å². The maximum atomic E-state index is 12.8. The number of esters is 1. The van der Waals surface area contributed by atoms with Crippen molar-refractivity contribution in [2.24, 2.45) is 0 Å². The number of hydrogen-bond acceptors (Lipinski definition) is 8. The van der Waals surface area contributed by atoms with Crippen LogP contribution in [0.4, 0.5) is 17.5 Å². The van der Waals surface area contributed by atoms with Gasteiger partial charge in [-0.15, -0.1) is 0 Å². The van der Waals surface area contributed by atoms with Crippen LogP contribution in [0.2, 0.25) is 0 Å². The van der Waals surface area contributed by atoms with E-state index in [1.807, 2.05) is 0 Å². The van der Waals surface area contributed by atoms with E-state index < -0.39 is 28.5 Å². The fourth-order valence-corrected chi connectivity index (χ4v) is 3.23. The molecule has 1 aromatic carbocycles. The number of aromatic nitrogens is 2.